The average molecular weight is 199 g/mol. The molecule has 1 aliphatic heterocycles. The van der Waals surface area contributed by atoms with Gasteiger partial charge < -0.3 is 10.6 Å². The maximum absolute atomic E-state index is 11.4. The van der Waals surface area contributed by atoms with E-state index in [0.29, 0.717) is 12.6 Å². The zero-order valence-corrected chi connectivity index (χ0v) is 9.34. The number of likely N-dealkylation sites (N-methyl/N-ethyl adjacent to an activating group) is 1. The maximum Gasteiger partial charge on any atom is 0.234 e. The van der Waals surface area contributed by atoms with Gasteiger partial charge in [-0.25, -0.2) is 0 Å². The number of hydrogen-bond acceptors (Lipinski definition) is 3. The van der Waals surface area contributed by atoms with E-state index in [1.165, 1.54) is 0 Å². The number of carbonyl (C=O) groups is 1. The zero-order chi connectivity index (χ0) is 10.6. The van der Waals surface area contributed by atoms with Crippen molar-refractivity contribution in [1.29, 1.82) is 0 Å². The van der Waals surface area contributed by atoms with Crippen LogP contribution >= 0.6 is 0 Å². The van der Waals surface area contributed by atoms with E-state index in [1.54, 1.807) is 0 Å². The van der Waals surface area contributed by atoms with Gasteiger partial charge in [0.15, 0.2) is 0 Å². The van der Waals surface area contributed by atoms with E-state index in [4.69, 9.17) is 0 Å². The number of nitrogens with zero attached hydrogens (tertiary/aromatic N) is 1. The van der Waals surface area contributed by atoms with Crippen molar-refractivity contribution < 1.29 is 4.79 Å². The van der Waals surface area contributed by atoms with Crippen LogP contribution in [-0.4, -0.2) is 49.6 Å². The molecule has 0 radical (unpaired) electrons. The molecule has 0 aliphatic carbocycles. The van der Waals surface area contributed by atoms with Gasteiger partial charge >= 0.3 is 0 Å². The van der Waals surface area contributed by atoms with E-state index in [-0.39, 0.29) is 11.9 Å². The standard InChI is InChI=1S/C10H21N3O/c1-4-8(2)13-6-9(5-11-3)12-10(14)7-13/h8-9,11H,4-7H2,1-3H3,(H,12,14). The molecule has 0 aromatic carbocycles. The van der Waals surface area contributed by atoms with Gasteiger partial charge in [0.25, 0.3) is 0 Å². The van der Waals surface area contributed by atoms with Gasteiger partial charge in [0, 0.05) is 19.1 Å². The van der Waals surface area contributed by atoms with Crippen molar-refractivity contribution >= 4 is 5.91 Å². The molecule has 4 nitrogen and oxygen atoms in total. The Kier molecular flexibility index (Phi) is 4.35. The Morgan fingerprint density at radius 1 is 1.71 bits per heavy atom. The highest BCUT2D eigenvalue weighted by Gasteiger charge is 2.26. The van der Waals surface area contributed by atoms with E-state index in [1.807, 2.05) is 7.05 Å². The molecular formula is C10H21N3O. The smallest absolute Gasteiger partial charge is 0.234 e. The minimum atomic E-state index is 0.150. The van der Waals surface area contributed by atoms with E-state index < -0.39 is 0 Å². The summed E-state index contributed by atoms with van der Waals surface area (Å²) in [7, 11) is 1.91. The van der Waals surface area contributed by atoms with Crippen LogP contribution in [0.2, 0.25) is 0 Å². The zero-order valence-electron chi connectivity index (χ0n) is 9.34. The van der Waals surface area contributed by atoms with Crippen LogP contribution in [0, 0.1) is 0 Å². The fourth-order valence-electron chi connectivity index (χ4n) is 1.81. The average Bonchev–Trinajstić information content (AvgIpc) is 2.16. The highest BCUT2D eigenvalue weighted by molar-refractivity contribution is 5.79. The summed E-state index contributed by atoms with van der Waals surface area (Å²) in [6.07, 6.45) is 1.10. The number of hydrogen-bond donors (Lipinski definition) is 2. The fraction of sp³-hybridized carbons (Fsp3) is 0.900. The minimum Gasteiger partial charge on any atom is -0.350 e. The molecule has 14 heavy (non-hydrogen) atoms. The van der Waals surface area contributed by atoms with Crippen LogP contribution in [-0.2, 0) is 4.79 Å². The number of amides is 1. The van der Waals surface area contributed by atoms with Crippen molar-refractivity contribution in [3.63, 3.8) is 0 Å². The van der Waals surface area contributed by atoms with Gasteiger partial charge in [-0.3, -0.25) is 9.69 Å². The summed E-state index contributed by atoms with van der Waals surface area (Å²) in [6, 6.07) is 0.760. The Morgan fingerprint density at radius 3 is 3.00 bits per heavy atom. The van der Waals surface area contributed by atoms with Crippen LogP contribution in [0.3, 0.4) is 0 Å². The summed E-state index contributed by atoms with van der Waals surface area (Å²) in [5, 5.41) is 6.08. The summed E-state index contributed by atoms with van der Waals surface area (Å²) in [6.45, 7) is 6.69. The summed E-state index contributed by atoms with van der Waals surface area (Å²) in [5.41, 5.74) is 0. The molecule has 1 saturated heterocycles. The van der Waals surface area contributed by atoms with Crippen LogP contribution in [0.5, 0.6) is 0 Å². The molecule has 1 fully saturated rings. The third-order valence-electron chi connectivity index (χ3n) is 2.83. The van der Waals surface area contributed by atoms with Crippen LogP contribution in [0.25, 0.3) is 0 Å². The van der Waals surface area contributed by atoms with Crippen molar-refractivity contribution in [2.24, 2.45) is 0 Å². The summed E-state index contributed by atoms with van der Waals surface area (Å²) < 4.78 is 0. The Hall–Kier alpha value is -0.610. The topological polar surface area (TPSA) is 44.4 Å². The summed E-state index contributed by atoms with van der Waals surface area (Å²) in [5.74, 6) is 0.150. The molecule has 82 valence electrons. The SMILES string of the molecule is CCC(C)N1CC(=O)NC(CNC)C1. The number of nitrogens with one attached hydrogen (secondary N) is 2. The van der Waals surface area contributed by atoms with Crippen LogP contribution in [0.1, 0.15) is 20.3 Å². The Bertz CT molecular complexity index is 196. The molecule has 0 aromatic rings. The normalized spacial score (nSPS) is 25.9. The molecule has 1 heterocycles. The van der Waals surface area contributed by atoms with Crippen LogP contribution in [0.15, 0.2) is 0 Å². The first kappa shape index (κ1) is 11.5. The first-order valence-electron chi connectivity index (χ1n) is 5.35. The molecule has 1 amide bonds. The van der Waals surface area contributed by atoms with Gasteiger partial charge in [0.1, 0.15) is 0 Å². The highest BCUT2D eigenvalue weighted by atomic mass is 16.2. The molecule has 1 rings (SSSR count). The van der Waals surface area contributed by atoms with Crippen molar-refractivity contribution in [2.75, 3.05) is 26.7 Å². The van der Waals surface area contributed by atoms with E-state index >= 15 is 0 Å². The molecule has 0 saturated carbocycles. The molecule has 1 aliphatic rings. The molecule has 4 heteroatoms. The lowest BCUT2D eigenvalue weighted by Gasteiger charge is -2.36. The molecular weight excluding hydrogens is 178 g/mol. The Labute approximate surface area is 86.0 Å². The molecule has 2 atom stereocenters. The predicted molar refractivity (Wildman–Crippen MR) is 57.2 cm³/mol. The molecule has 0 aromatic heterocycles. The van der Waals surface area contributed by atoms with Crippen molar-refractivity contribution in [2.45, 2.75) is 32.4 Å². The third kappa shape index (κ3) is 2.96. The summed E-state index contributed by atoms with van der Waals surface area (Å²) >= 11 is 0. The summed E-state index contributed by atoms with van der Waals surface area (Å²) in [4.78, 5) is 13.6. The highest BCUT2D eigenvalue weighted by Crippen LogP contribution is 2.07. The monoisotopic (exact) mass is 199 g/mol. The lowest BCUT2D eigenvalue weighted by molar-refractivity contribution is -0.126. The lowest BCUT2D eigenvalue weighted by atomic mass is 10.1. The van der Waals surface area contributed by atoms with E-state index in [2.05, 4.69) is 29.4 Å². The number of carbonyl (C=O) groups excluding carboxylic acids is 1. The second kappa shape index (κ2) is 5.32. The Morgan fingerprint density at radius 2 is 2.43 bits per heavy atom. The first-order valence-corrected chi connectivity index (χ1v) is 5.35. The van der Waals surface area contributed by atoms with Gasteiger partial charge in [-0.05, 0) is 20.4 Å². The predicted octanol–water partition coefficient (Wildman–Crippen LogP) is -0.195. The Balaban J connectivity index is 2.49. The van der Waals surface area contributed by atoms with Crippen LogP contribution in [0.4, 0.5) is 0 Å². The van der Waals surface area contributed by atoms with Crippen molar-refractivity contribution in [3.05, 3.63) is 0 Å². The second-order valence-electron chi connectivity index (χ2n) is 4.01. The van der Waals surface area contributed by atoms with E-state index in [0.717, 1.165) is 19.5 Å². The fourth-order valence-corrected chi connectivity index (χ4v) is 1.81. The van der Waals surface area contributed by atoms with Crippen molar-refractivity contribution in [1.82, 2.24) is 15.5 Å². The number of rotatable bonds is 4. The van der Waals surface area contributed by atoms with E-state index in [9.17, 15) is 4.79 Å². The molecule has 0 bridgehead atoms. The van der Waals surface area contributed by atoms with Crippen LogP contribution < -0.4 is 10.6 Å². The van der Waals surface area contributed by atoms with Gasteiger partial charge in [0.05, 0.1) is 12.6 Å². The quantitative estimate of drug-likeness (QED) is 0.659. The number of piperazine rings is 1. The molecule has 2 N–H and O–H groups in total. The second-order valence-corrected chi connectivity index (χ2v) is 4.01. The third-order valence-corrected chi connectivity index (χ3v) is 2.83. The molecule has 0 spiro atoms. The molecule has 2 unspecified atom stereocenters. The van der Waals surface area contributed by atoms with Gasteiger partial charge in [0.2, 0.25) is 5.91 Å². The van der Waals surface area contributed by atoms with Gasteiger partial charge in [-0.15, -0.1) is 0 Å². The van der Waals surface area contributed by atoms with Crippen molar-refractivity contribution in [3.8, 4) is 0 Å². The van der Waals surface area contributed by atoms with Gasteiger partial charge in [-0.1, -0.05) is 6.92 Å². The van der Waals surface area contributed by atoms with Gasteiger partial charge in [-0.2, -0.15) is 0 Å². The lowest BCUT2D eigenvalue weighted by Crippen LogP contribution is -2.58. The minimum absolute atomic E-state index is 0.150. The first-order chi connectivity index (χ1) is 6.67. The largest absolute Gasteiger partial charge is 0.350 e. The maximum atomic E-state index is 11.4.